The molecule has 0 bridgehead atoms. The molecule has 0 N–H and O–H groups in total. The van der Waals surface area contributed by atoms with Gasteiger partial charge < -0.3 is 9.47 Å². The number of alkyl halides is 3. The minimum absolute atomic E-state index is 0.0456. The van der Waals surface area contributed by atoms with Gasteiger partial charge in [-0.25, -0.2) is 18.4 Å². The maximum Gasteiger partial charge on any atom is 0.425 e. The summed E-state index contributed by atoms with van der Waals surface area (Å²) in [7, 11) is 0. The number of halogens is 5. The zero-order chi connectivity index (χ0) is 27.9. The number of benzene rings is 3. The number of ether oxygens (including phenoxy) is 2. The van der Waals surface area contributed by atoms with E-state index in [-0.39, 0.29) is 40.8 Å². The molecule has 0 amide bonds. The number of unbranched alkanes of at least 4 members (excludes halogenated alkanes) is 3. The van der Waals surface area contributed by atoms with Crippen molar-refractivity contribution in [1.82, 2.24) is 0 Å². The first-order valence-electron chi connectivity index (χ1n) is 12.2. The molecule has 9 heteroatoms. The first-order valence-corrected chi connectivity index (χ1v) is 12.2. The molecule has 0 heterocycles. The Balaban J connectivity index is 1.62. The van der Waals surface area contributed by atoms with E-state index < -0.39 is 35.9 Å². The number of aryl methyl sites for hydroxylation is 1. The van der Waals surface area contributed by atoms with E-state index in [1.165, 1.54) is 67.6 Å². The van der Waals surface area contributed by atoms with Gasteiger partial charge in [0.1, 0.15) is 5.75 Å². The maximum atomic E-state index is 14.2. The molecular weight excluding hydrogens is 507 g/mol. The largest absolute Gasteiger partial charge is 0.449 e. The Bertz CT molecular complexity index is 1250. The average molecular weight is 535 g/mol. The Hall–Kier alpha value is -3.75. The smallest absolute Gasteiger partial charge is 0.425 e. The van der Waals surface area contributed by atoms with E-state index in [1.54, 1.807) is 0 Å². The van der Waals surface area contributed by atoms with Crippen LogP contribution in [0.25, 0.3) is 11.1 Å². The third kappa shape index (κ3) is 7.40. The van der Waals surface area contributed by atoms with E-state index in [4.69, 9.17) is 9.47 Å². The van der Waals surface area contributed by atoms with Crippen LogP contribution in [-0.4, -0.2) is 24.2 Å². The summed E-state index contributed by atoms with van der Waals surface area (Å²) in [6, 6.07) is 13.5. The summed E-state index contributed by atoms with van der Waals surface area (Å²) >= 11 is 0. The number of hydrogen-bond acceptors (Lipinski definition) is 4. The van der Waals surface area contributed by atoms with Crippen molar-refractivity contribution in [2.24, 2.45) is 0 Å². The molecule has 1 atom stereocenters. The van der Waals surface area contributed by atoms with Crippen LogP contribution in [0.1, 0.15) is 65.3 Å². The first kappa shape index (κ1) is 28.8. The molecule has 0 spiro atoms. The minimum atomic E-state index is -4.67. The van der Waals surface area contributed by atoms with Crippen LogP contribution in [0.15, 0.2) is 60.7 Å². The van der Waals surface area contributed by atoms with Gasteiger partial charge in [-0.1, -0.05) is 50.5 Å². The lowest BCUT2D eigenvalue weighted by Crippen LogP contribution is -2.33. The van der Waals surface area contributed by atoms with Crippen LogP contribution in [0.5, 0.6) is 5.75 Å². The molecule has 1 unspecified atom stereocenters. The second-order valence-electron chi connectivity index (χ2n) is 8.83. The fourth-order valence-electron chi connectivity index (χ4n) is 3.72. The summed E-state index contributed by atoms with van der Waals surface area (Å²) in [6.07, 6.45) is -4.61. The molecule has 0 aliphatic heterocycles. The van der Waals surface area contributed by atoms with Crippen molar-refractivity contribution < 1.29 is 41.0 Å². The monoisotopic (exact) mass is 534 g/mol. The van der Waals surface area contributed by atoms with E-state index >= 15 is 0 Å². The summed E-state index contributed by atoms with van der Waals surface area (Å²) in [6.45, 7) is 3.39. The molecule has 3 aromatic rings. The molecule has 0 saturated carbocycles. The van der Waals surface area contributed by atoms with Gasteiger partial charge in [0.15, 0.2) is 17.7 Å². The van der Waals surface area contributed by atoms with Crippen molar-refractivity contribution in [2.75, 3.05) is 0 Å². The average Bonchev–Trinajstić information content (AvgIpc) is 2.89. The predicted octanol–water partition coefficient (Wildman–Crippen LogP) is 8.22. The first-order chi connectivity index (χ1) is 18.0. The molecule has 0 fully saturated rings. The van der Waals surface area contributed by atoms with E-state index in [0.717, 1.165) is 12.8 Å². The number of esters is 2. The number of rotatable bonds is 10. The van der Waals surface area contributed by atoms with Crippen molar-refractivity contribution in [3.05, 3.63) is 89.0 Å². The number of carbonyl (C=O) groups is 2. The summed E-state index contributed by atoms with van der Waals surface area (Å²) in [5, 5.41) is 0. The van der Waals surface area contributed by atoms with Gasteiger partial charge in [0.2, 0.25) is 0 Å². The predicted molar refractivity (Wildman–Crippen MR) is 132 cm³/mol. The minimum Gasteiger partial charge on any atom is -0.449 e. The molecule has 0 aliphatic rings. The summed E-state index contributed by atoms with van der Waals surface area (Å²) in [5.41, 5.74) is 0.589. The zero-order valence-electron chi connectivity index (χ0n) is 20.9. The standard InChI is InChI=1S/C29H27F5O4/c1-3-4-5-6-7-24(29(32,33)34)38-28(36)21-13-15-22(16-14-21)37-27(35)20-11-9-19(10-12-20)23-17-8-18(2)25(30)26(23)31/h8-17,24H,3-7H2,1-2H3. The van der Waals surface area contributed by atoms with Gasteiger partial charge in [-0.2, -0.15) is 13.2 Å². The van der Waals surface area contributed by atoms with E-state index in [1.807, 2.05) is 6.92 Å². The van der Waals surface area contributed by atoms with E-state index in [2.05, 4.69) is 0 Å². The van der Waals surface area contributed by atoms with Gasteiger partial charge in [0, 0.05) is 5.56 Å². The van der Waals surface area contributed by atoms with Crippen LogP contribution in [0.3, 0.4) is 0 Å². The van der Waals surface area contributed by atoms with Crippen molar-refractivity contribution in [3.8, 4) is 16.9 Å². The van der Waals surface area contributed by atoms with Crippen LogP contribution >= 0.6 is 0 Å². The lowest BCUT2D eigenvalue weighted by atomic mass is 10.0. The Morgan fingerprint density at radius 3 is 2.00 bits per heavy atom. The highest BCUT2D eigenvalue weighted by molar-refractivity contribution is 5.92. The van der Waals surface area contributed by atoms with E-state index in [0.29, 0.717) is 12.0 Å². The Morgan fingerprint density at radius 1 is 0.789 bits per heavy atom. The topological polar surface area (TPSA) is 52.6 Å². The second kappa shape index (κ2) is 12.7. The molecule has 202 valence electrons. The zero-order valence-corrected chi connectivity index (χ0v) is 20.9. The van der Waals surface area contributed by atoms with Crippen molar-refractivity contribution >= 4 is 11.9 Å². The number of hydrogen-bond donors (Lipinski definition) is 0. The van der Waals surface area contributed by atoms with Crippen molar-refractivity contribution in [1.29, 1.82) is 0 Å². The van der Waals surface area contributed by atoms with E-state index in [9.17, 15) is 31.5 Å². The highest BCUT2D eigenvalue weighted by Gasteiger charge is 2.42. The van der Waals surface area contributed by atoms with Crippen LogP contribution in [0.2, 0.25) is 0 Å². The van der Waals surface area contributed by atoms with Crippen LogP contribution in [0, 0.1) is 18.6 Å². The molecule has 0 saturated heterocycles. The lowest BCUT2D eigenvalue weighted by Gasteiger charge is -2.20. The van der Waals surface area contributed by atoms with Crippen LogP contribution in [-0.2, 0) is 4.74 Å². The van der Waals surface area contributed by atoms with Gasteiger partial charge >= 0.3 is 18.1 Å². The third-order valence-electron chi connectivity index (χ3n) is 5.94. The Kier molecular flexibility index (Phi) is 9.61. The SMILES string of the molecule is CCCCCCC(OC(=O)c1ccc(OC(=O)c2ccc(-c3ccc(C)c(F)c3F)cc2)cc1)C(F)(F)F. The van der Waals surface area contributed by atoms with Crippen LogP contribution in [0.4, 0.5) is 22.0 Å². The second-order valence-corrected chi connectivity index (χ2v) is 8.83. The highest BCUT2D eigenvalue weighted by Crippen LogP contribution is 2.29. The molecule has 38 heavy (non-hydrogen) atoms. The molecule has 3 rings (SSSR count). The fourth-order valence-corrected chi connectivity index (χ4v) is 3.72. The third-order valence-corrected chi connectivity index (χ3v) is 5.94. The van der Waals surface area contributed by atoms with Crippen molar-refractivity contribution in [2.45, 2.75) is 58.2 Å². The van der Waals surface area contributed by atoms with Crippen LogP contribution < -0.4 is 4.74 Å². The molecule has 3 aromatic carbocycles. The molecular formula is C29H27F5O4. The quantitative estimate of drug-likeness (QED) is 0.114. The summed E-state index contributed by atoms with van der Waals surface area (Å²) in [5.74, 6) is -3.77. The highest BCUT2D eigenvalue weighted by atomic mass is 19.4. The molecule has 4 nitrogen and oxygen atoms in total. The van der Waals surface area contributed by atoms with Gasteiger partial charge in [-0.15, -0.1) is 0 Å². The fraction of sp³-hybridized carbons (Fsp3) is 0.310. The lowest BCUT2D eigenvalue weighted by molar-refractivity contribution is -0.206. The Morgan fingerprint density at radius 2 is 1.39 bits per heavy atom. The van der Waals surface area contributed by atoms with Gasteiger partial charge in [-0.3, -0.25) is 0 Å². The maximum absolute atomic E-state index is 14.2. The molecule has 0 aliphatic carbocycles. The molecule has 0 radical (unpaired) electrons. The molecule has 0 aromatic heterocycles. The van der Waals surface area contributed by atoms with Gasteiger partial charge in [0.25, 0.3) is 0 Å². The van der Waals surface area contributed by atoms with Gasteiger partial charge in [-0.05, 0) is 67.3 Å². The summed E-state index contributed by atoms with van der Waals surface area (Å²) < 4.78 is 77.9. The van der Waals surface area contributed by atoms with Crippen molar-refractivity contribution in [3.63, 3.8) is 0 Å². The summed E-state index contributed by atoms with van der Waals surface area (Å²) in [4.78, 5) is 24.8. The van der Waals surface area contributed by atoms with Gasteiger partial charge in [0.05, 0.1) is 11.1 Å². The number of carbonyl (C=O) groups excluding carboxylic acids is 2. The Labute approximate surface area is 217 Å². The normalized spacial score (nSPS) is 12.2.